The summed E-state index contributed by atoms with van der Waals surface area (Å²) in [5, 5.41) is 5.56. The number of fused-ring (bicyclic) bond motifs is 1. The van der Waals surface area contributed by atoms with Gasteiger partial charge in [-0.1, -0.05) is 31.2 Å². The van der Waals surface area contributed by atoms with E-state index in [0.717, 1.165) is 5.56 Å². The summed E-state index contributed by atoms with van der Waals surface area (Å²) in [5.41, 5.74) is 0.284. The van der Waals surface area contributed by atoms with Crippen molar-refractivity contribution < 1.29 is 23.2 Å². The molecule has 1 aromatic heterocycles. The van der Waals surface area contributed by atoms with Crippen molar-refractivity contribution in [1.29, 1.82) is 0 Å². The van der Waals surface area contributed by atoms with E-state index >= 15 is 0 Å². The van der Waals surface area contributed by atoms with Crippen LogP contribution in [0.3, 0.4) is 0 Å². The average Bonchev–Trinajstić information content (AvgIpc) is 3.29. The molecule has 10 heteroatoms. The van der Waals surface area contributed by atoms with Gasteiger partial charge in [0.2, 0.25) is 5.91 Å². The third-order valence-electron chi connectivity index (χ3n) is 6.24. The standard InChI is InChI=1S/C26H27F2N5O3/c1-3-12-33-24(35)22-21(23(34)29-13-17-4-8-19(27)9-5-17)31-16-32(22)15-26(33,2)25(36)30-14-18-6-10-20(28)11-7-18/h4-11,16H,3,12-15H2,1-2H3,(H,29,34)(H,30,36)/t26-/m1/s1. The fourth-order valence-corrected chi connectivity index (χ4v) is 4.27. The topological polar surface area (TPSA) is 96.3 Å². The van der Waals surface area contributed by atoms with E-state index in [0.29, 0.717) is 18.5 Å². The number of carbonyl (C=O) groups is 3. The van der Waals surface area contributed by atoms with Crippen LogP contribution in [0.2, 0.25) is 0 Å². The number of nitrogens with one attached hydrogen (secondary N) is 2. The highest BCUT2D eigenvalue weighted by Crippen LogP contribution is 2.29. The van der Waals surface area contributed by atoms with E-state index in [9.17, 15) is 23.2 Å². The lowest BCUT2D eigenvalue weighted by Crippen LogP contribution is -2.64. The Morgan fingerprint density at radius 3 is 2.08 bits per heavy atom. The fraction of sp³-hybridized carbons (Fsp3) is 0.308. The van der Waals surface area contributed by atoms with Gasteiger partial charge >= 0.3 is 0 Å². The molecule has 0 fully saturated rings. The minimum atomic E-state index is -1.22. The first kappa shape index (κ1) is 25.0. The maximum atomic E-state index is 13.6. The molecule has 36 heavy (non-hydrogen) atoms. The molecule has 0 unspecified atom stereocenters. The highest BCUT2D eigenvalue weighted by Gasteiger charge is 2.48. The van der Waals surface area contributed by atoms with Gasteiger partial charge in [0.15, 0.2) is 5.69 Å². The number of hydrogen-bond donors (Lipinski definition) is 2. The van der Waals surface area contributed by atoms with E-state index in [2.05, 4.69) is 15.6 Å². The number of nitrogens with zero attached hydrogens (tertiary/aromatic N) is 3. The van der Waals surface area contributed by atoms with Crippen molar-refractivity contribution in [3.05, 3.63) is 89.0 Å². The molecule has 188 valence electrons. The fourth-order valence-electron chi connectivity index (χ4n) is 4.27. The summed E-state index contributed by atoms with van der Waals surface area (Å²) < 4.78 is 27.8. The van der Waals surface area contributed by atoms with Gasteiger partial charge in [-0.05, 0) is 48.7 Å². The van der Waals surface area contributed by atoms with Gasteiger partial charge in [-0.2, -0.15) is 0 Å². The predicted molar refractivity (Wildman–Crippen MR) is 128 cm³/mol. The van der Waals surface area contributed by atoms with Crippen molar-refractivity contribution in [3.8, 4) is 0 Å². The van der Waals surface area contributed by atoms with E-state index in [4.69, 9.17) is 0 Å². The molecule has 0 aliphatic carbocycles. The normalized spacial score (nSPS) is 17.0. The summed E-state index contributed by atoms with van der Waals surface area (Å²) >= 11 is 0. The summed E-state index contributed by atoms with van der Waals surface area (Å²) in [6.07, 6.45) is 1.99. The minimum Gasteiger partial charge on any atom is -0.350 e. The molecule has 2 aromatic carbocycles. The molecule has 4 rings (SSSR count). The highest BCUT2D eigenvalue weighted by atomic mass is 19.1. The van der Waals surface area contributed by atoms with Gasteiger partial charge in [0.05, 0.1) is 12.9 Å². The van der Waals surface area contributed by atoms with Crippen molar-refractivity contribution in [2.75, 3.05) is 6.54 Å². The second kappa shape index (κ2) is 10.3. The van der Waals surface area contributed by atoms with Crippen LogP contribution in [0.4, 0.5) is 8.78 Å². The lowest BCUT2D eigenvalue weighted by molar-refractivity contribution is -0.133. The first-order valence-electron chi connectivity index (χ1n) is 11.7. The van der Waals surface area contributed by atoms with Crippen LogP contribution in [0.5, 0.6) is 0 Å². The molecule has 0 saturated heterocycles. The molecule has 2 N–H and O–H groups in total. The van der Waals surface area contributed by atoms with Crippen molar-refractivity contribution in [3.63, 3.8) is 0 Å². The minimum absolute atomic E-state index is 0.0306. The number of rotatable bonds is 8. The van der Waals surface area contributed by atoms with E-state index in [1.54, 1.807) is 31.2 Å². The van der Waals surface area contributed by atoms with Crippen LogP contribution in [0.25, 0.3) is 0 Å². The Labute approximate surface area is 207 Å². The zero-order valence-corrected chi connectivity index (χ0v) is 20.1. The molecule has 0 bridgehead atoms. The third-order valence-corrected chi connectivity index (χ3v) is 6.24. The van der Waals surface area contributed by atoms with E-state index in [1.807, 2.05) is 6.92 Å². The molecule has 8 nitrogen and oxygen atoms in total. The predicted octanol–water partition coefficient (Wildman–Crippen LogP) is 3.03. The van der Waals surface area contributed by atoms with Gasteiger partial charge in [0.1, 0.15) is 22.9 Å². The molecule has 0 radical (unpaired) electrons. The number of halogens is 2. The van der Waals surface area contributed by atoms with Crippen LogP contribution in [-0.2, 0) is 24.4 Å². The van der Waals surface area contributed by atoms with Crippen LogP contribution in [-0.4, -0.2) is 44.3 Å². The van der Waals surface area contributed by atoms with Crippen molar-refractivity contribution in [2.24, 2.45) is 0 Å². The molecule has 3 aromatic rings. The SMILES string of the molecule is CCCN1C(=O)c2c(C(=O)NCc3ccc(F)cc3)ncn2C[C@]1(C)C(=O)NCc1ccc(F)cc1. The van der Waals surface area contributed by atoms with Crippen LogP contribution < -0.4 is 10.6 Å². The van der Waals surface area contributed by atoms with Crippen LogP contribution in [0.1, 0.15) is 52.4 Å². The summed E-state index contributed by atoms with van der Waals surface area (Å²) in [4.78, 5) is 45.4. The number of hydrogen-bond acceptors (Lipinski definition) is 4. The van der Waals surface area contributed by atoms with E-state index in [1.165, 1.54) is 40.1 Å². The molecule has 1 aliphatic heterocycles. The van der Waals surface area contributed by atoms with Gasteiger partial charge in [-0.15, -0.1) is 0 Å². The monoisotopic (exact) mass is 495 g/mol. The zero-order chi connectivity index (χ0) is 25.9. The largest absolute Gasteiger partial charge is 0.350 e. The van der Waals surface area contributed by atoms with Gasteiger partial charge in [0.25, 0.3) is 11.8 Å². The molecule has 0 spiro atoms. The molecule has 1 atom stereocenters. The Balaban J connectivity index is 1.53. The first-order valence-corrected chi connectivity index (χ1v) is 11.7. The summed E-state index contributed by atoms with van der Waals surface area (Å²) in [6.45, 7) is 4.31. The Morgan fingerprint density at radius 1 is 0.972 bits per heavy atom. The summed E-state index contributed by atoms with van der Waals surface area (Å²) in [6, 6.07) is 11.5. The molecule has 0 saturated carbocycles. The molecule has 1 aliphatic rings. The quantitative estimate of drug-likeness (QED) is 0.502. The lowest BCUT2D eigenvalue weighted by Gasteiger charge is -2.43. The number of aromatic nitrogens is 2. The van der Waals surface area contributed by atoms with Gasteiger partial charge in [-0.25, -0.2) is 13.8 Å². The molecular formula is C26H27F2N5O3. The van der Waals surface area contributed by atoms with Crippen LogP contribution in [0.15, 0.2) is 54.9 Å². The smallest absolute Gasteiger partial charge is 0.273 e. The summed E-state index contributed by atoms with van der Waals surface area (Å²) in [7, 11) is 0. The van der Waals surface area contributed by atoms with Crippen molar-refractivity contribution in [2.45, 2.75) is 45.4 Å². The third kappa shape index (κ3) is 4.98. The molecule has 3 amide bonds. The van der Waals surface area contributed by atoms with E-state index < -0.39 is 17.4 Å². The Bertz CT molecular complexity index is 1270. The Hall–Kier alpha value is -4.08. The second-order valence-electron chi connectivity index (χ2n) is 8.92. The zero-order valence-electron chi connectivity index (χ0n) is 20.1. The number of imidazole rings is 1. The number of carbonyl (C=O) groups excluding carboxylic acids is 3. The number of benzene rings is 2. The van der Waals surface area contributed by atoms with Crippen molar-refractivity contribution in [1.82, 2.24) is 25.1 Å². The lowest BCUT2D eigenvalue weighted by atomic mass is 9.94. The maximum absolute atomic E-state index is 13.6. The van der Waals surface area contributed by atoms with E-state index in [-0.39, 0.29) is 48.6 Å². The first-order chi connectivity index (χ1) is 17.2. The molecular weight excluding hydrogens is 468 g/mol. The van der Waals surface area contributed by atoms with Gasteiger partial charge in [-0.3, -0.25) is 14.4 Å². The van der Waals surface area contributed by atoms with Gasteiger partial charge in [0, 0.05) is 19.6 Å². The van der Waals surface area contributed by atoms with Crippen LogP contribution in [0, 0.1) is 11.6 Å². The maximum Gasteiger partial charge on any atom is 0.273 e. The average molecular weight is 496 g/mol. The van der Waals surface area contributed by atoms with Gasteiger partial charge < -0.3 is 20.1 Å². The molecule has 2 heterocycles. The number of amides is 3. The Kier molecular flexibility index (Phi) is 7.14. The Morgan fingerprint density at radius 2 is 1.53 bits per heavy atom. The second-order valence-corrected chi connectivity index (χ2v) is 8.92. The summed E-state index contributed by atoms with van der Waals surface area (Å²) in [5.74, 6) is -2.11. The highest BCUT2D eigenvalue weighted by molar-refractivity contribution is 6.07. The van der Waals surface area contributed by atoms with Crippen molar-refractivity contribution >= 4 is 17.7 Å². The van der Waals surface area contributed by atoms with Crippen LogP contribution >= 0.6 is 0 Å².